The highest BCUT2D eigenvalue weighted by Crippen LogP contribution is 2.31. The second-order valence-corrected chi connectivity index (χ2v) is 7.21. The van der Waals surface area contributed by atoms with Crippen LogP contribution in [0.25, 0.3) is 0 Å². The van der Waals surface area contributed by atoms with Crippen molar-refractivity contribution in [2.45, 2.75) is 78.1 Å². The molecule has 1 nitrogen and oxygen atoms in total. The second-order valence-electron chi connectivity index (χ2n) is 7.21. The van der Waals surface area contributed by atoms with Gasteiger partial charge in [0.25, 0.3) is 0 Å². The fourth-order valence-corrected chi connectivity index (χ4v) is 3.40. The summed E-state index contributed by atoms with van der Waals surface area (Å²) in [5.41, 5.74) is 3.58. The molecule has 2 rings (SSSR count). The van der Waals surface area contributed by atoms with Gasteiger partial charge >= 0.3 is 0 Å². The molecule has 1 fully saturated rings. The zero-order chi connectivity index (χ0) is 15.4. The molecule has 0 N–H and O–H groups in total. The summed E-state index contributed by atoms with van der Waals surface area (Å²) in [5, 5.41) is 0. The van der Waals surface area contributed by atoms with E-state index in [0.29, 0.717) is 17.6 Å². The lowest BCUT2D eigenvalue weighted by molar-refractivity contribution is 0.0906. The number of benzene rings is 1. The maximum absolute atomic E-state index is 13.0. The Labute approximate surface area is 130 Å². The molecule has 1 aromatic rings. The first-order chi connectivity index (χ1) is 10.0. The van der Waals surface area contributed by atoms with Gasteiger partial charge in [0, 0.05) is 11.5 Å². The molecule has 0 saturated heterocycles. The zero-order valence-corrected chi connectivity index (χ0v) is 14.1. The van der Waals surface area contributed by atoms with Crippen molar-refractivity contribution in [2.24, 2.45) is 5.92 Å². The quantitative estimate of drug-likeness (QED) is 0.483. The molecular weight excluding hydrogens is 256 g/mol. The molecule has 0 unspecified atom stereocenters. The van der Waals surface area contributed by atoms with Gasteiger partial charge in [-0.05, 0) is 35.8 Å². The Morgan fingerprint density at radius 1 is 0.952 bits per heavy atom. The highest BCUT2D eigenvalue weighted by Gasteiger charge is 2.24. The highest BCUT2D eigenvalue weighted by molar-refractivity contribution is 5.99. The summed E-state index contributed by atoms with van der Waals surface area (Å²) in [6.07, 6.45) is 7.21. The monoisotopic (exact) mass is 286 g/mol. The summed E-state index contributed by atoms with van der Waals surface area (Å²) >= 11 is 0. The Morgan fingerprint density at radius 3 is 2.10 bits per heavy atom. The van der Waals surface area contributed by atoms with E-state index in [1.54, 1.807) is 0 Å². The average Bonchev–Trinajstić information content (AvgIpc) is 2.74. The first-order valence-electron chi connectivity index (χ1n) is 8.68. The fourth-order valence-electron chi connectivity index (χ4n) is 3.40. The highest BCUT2D eigenvalue weighted by atomic mass is 16.1. The predicted molar refractivity (Wildman–Crippen MR) is 90.1 cm³/mol. The van der Waals surface area contributed by atoms with Crippen molar-refractivity contribution in [3.63, 3.8) is 0 Å². The van der Waals surface area contributed by atoms with Crippen LogP contribution in [-0.4, -0.2) is 5.78 Å². The summed E-state index contributed by atoms with van der Waals surface area (Å²) in [5.74, 6) is 1.59. The topological polar surface area (TPSA) is 17.1 Å². The second kappa shape index (κ2) is 7.24. The van der Waals surface area contributed by atoms with Gasteiger partial charge < -0.3 is 0 Å². The summed E-state index contributed by atoms with van der Waals surface area (Å²) in [4.78, 5) is 13.0. The number of ketones is 1. The molecule has 1 saturated carbocycles. The van der Waals surface area contributed by atoms with Crippen LogP contribution in [0, 0.1) is 5.92 Å². The molecule has 0 bridgehead atoms. The van der Waals surface area contributed by atoms with Crippen molar-refractivity contribution in [1.29, 1.82) is 0 Å². The first-order valence-corrected chi connectivity index (χ1v) is 8.68. The van der Waals surface area contributed by atoms with Crippen LogP contribution in [-0.2, 0) is 0 Å². The van der Waals surface area contributed by atoms with Crippen LogP contribution in [0.5, 0.6) is 0 Å². The van der Waals surface area contributed by atoms with Gasteiger partial charge in [0.1, 0.15) is 0 Å². The minimum absolute atomic E-state index is 0.259. The number of hydrogen-bond acceptors (Lipinski definition) is 1. The van der Waals surface area contributed by atoms with Crippen molar-refractivity contribution in [2.75, 3.05) is 0 Å². The molecule has 0 heterocycles. The normalized spacial score (nSPS) is 17.2. The molecule has 0 aromatic heterocycles. The molecule has 1 aromatic carbocycles. The molecule has 0 radical (unpaired) electrons. The third-order valence-electron chi connectivity index (χ3n) is 4.86. The van der Waals surface area contributed by atoms with E-state index < -0.39 is 0 Å². The van der Waals surface area contributed by atoms with E-state index in [-0.39, 0.29) is 5.92 Å². The summed E-state index contributed by atoms with van der Waals surface area (Å²) in [6.45, 7) is 8.82. The lowest BCUT2D eigenvalue weighted by Gasteiger charge is -2.19. The Morgan fingerprint density at radius 2 is 1.57 bits per heavy atom. The Balaban J connectivity index is 2.30. The van der Waals surface area contributed by atoms with Crippen LogP contribution in [0.1, 0.15) is 99.5 Å². The summed E-state index contributed by atoms with van der Waals surface area (Å²) < 4.78 is 0. The van der Waals surface area contributed by atoms with E-state index >= 15 is 0 Å². The van der Waals surface area contributed by atoms with Crippen molar-refractivity contribution >= 4 is 5.78 Å². The van der Waals surface area contributed by atoms with Crippen LogP contribution < -0.4 is 0 Å². The Kier molecular flexibility index (Phi) is 5.61. The molecule has 1 aliphatic carbocycles. The fraction of sp³-hybridized carbons (Fsp3) is 0.650. The minimum Gasteiger partial charge on any atom is -0.294 e. The predicted octanol–water partition coefficient (Wildman–Crippen LogP) is 6.09. The van der Waals surface area contributed by atoms with E-state index in [0.717, 1.165) is 18.4 Å². The summed E-state index contributed by atoms with van der Waals surface area (Å²) in [6, 6.07) is 6.51. The smallest absolute Gasteiger partial charge is 0.166 e. The standard InChI is InChI=1S/C20H30O/c1-14(2)17-11-12-18(19(13-17)15(3)4)20(21)16-9-7-5-6-8-10-16/h11-16H,5-10H2,1-4H3. The van der Waals surface area contributed by atoms with Gasteiger partial charge in [-0.2, -0.15) is 0 Å². The van der Waals surface area contributed by atoms with Gasteiger partial charge in [-0.1, -0.05) is 71.6 Å². The van der Waals surface area contributed by atoms with Crippen LogP contribution in [0.3, 0.4) is 0 Å². The Hall–Kier alpha value is -1.11. The number of carbonyl (C=O) groups excluding carboxylic acids is 1. The van der Waals surface area contributed by atoms with Gasteiger partial charge in [-0.15, -0.1) is 0 Å². The van der Waals surface area contributed by atoms with Crippen LogP contribution in [0.2, 0.25) is 0 Å². The number of hydrogen-bond donors (Lipinski definition) is 0. The molecular formula is C20H30O. The maximum Gasteiger partial charge on any atom is 0.166 e. The van der Waals surface area contributed by atoms with E-state index in [4.69, 9.17) is 0 Å². The Bertz CT molecular complexity index is 477. The third kappa shape index (κ3) is 3.96. The van der Waals surface area contributed by atoms with E-state index in [1.165, 1.54) is 36.8 Å². The number of rotatable bonds is 4. The first kappa shape index (κ1) is 16.3. The van der Waals surface area contributed by atoms with Gasteiger partial charge in [0.15, 0.2) is 5.78 Å². The van der Waals surface area contributed by atoms with Gasteiger partial charge in [-0.3, -0.25) is 4.79 Å². The molecule has 21 heavy (non-hydrogen) atoms. The lowest BCUT2D eigenvalue weighted by atomic mass is 9.84. The molecule has 0 spiro atoms. The largest absolute Gasteiger partial charge is 0.294 e. The zero-order valence-electron chi connectivity index (χ0n) is 14.1. The molecule has 0 amide bonds. The van der Waals surface area contributed by atoms with Crippen LogP contribution in [0.4, 0.5) is 0 Å². The molecule has 1 aliphatic rings. The van der Waals surface area contributed by atoms with E-state index in [9.17, 15) is 4.79 Å². The van der Waals surface area contributed by atoms with Gasteiger partial charge in [-0.25, -0.2) is 0 Å². The van der Waals surface area contributed by atoms with Crippen LogP contribution in [0.15, 0.2) is 18.2 Å². The van der Waals surface area contributed by atoms with Crippen molar-refractivity contribution in [1.82, 2.24) is 0 Å². The van der Waals surface area contributed by atoms with Crippen molar-refractivity contribution < 1.29 is 4.79 Å². The molecule has 116 valence electrons. The van der Waals surface area contributed by atoms with Crippen LogP contribution >= 0.6 is 0 Å². The molecule has 0 atom stereocenters. The number of Topliss-reactive ketones (excluding diaryl/α,β-unsaturated/α-hetero) is 1. The van der Waals surface area contributed by atoms with E-state index in [1.807, 2.05) is 0 Å². The maximum atomic E-state index is 13.0. The van der Waals surface area contributed by atoms with Crippen molar-refractivity contribution in [3.8, 4) is 0 Å². The SMILES string of the molecule is CC(C)c1ccc(C(=O)C2CCCCCC2)c(C(C)C)c1. The number of carbonyl (C=O) groups is 1. The average molecular weight is 286 g/mol. The van der Waals surface area contributed by atoms with Gasteiger partial charge in [0.05, 0.1) is 0 Å². The molecule has 0 aliphatic heterocycles. The lowest BCUT2D eigenvalue weighted by Crippen LogP contribution is -2.17. The third-order valence-corrected chi connectivity index (χ3v) is 4.86. The van der Waals surface area contributed by atoms with E-state index in [2.05, 4.69) is 45.9 Å². The van der Waals surface area contributed by atoms with Gasteiger partial charge in [0.2, 0.25) is 0 Å². The van der Waals surface area contributed by atoms with Crippen molar-refractivity contribution in [3.05, 3.63) is 34.9 Å². The molecule has 1 heteroatoms. The minimum atomic E-state index is 0.259. The summed E-state index contributed by atoms with van der Waals surface area (Å²) in [7, 11) is 0.